The van der Waals surface area contributed by atoms with E-state index in [1.165, 1.54) is 22.8 Å². The Kier molecular flexibility index (Phi) is 6.16. The maximum atomic E-state index is 13.5. The number of esters is 1. The Morgan fingerprint density at radius 1 is 1.29 bits per heavy atom. The average molecular weight is 480 g/mol. The van der Waals surface area contributed by atoms with Gasteiger partial charge in [-0.15, -0.1) is 0 Å². The molecule has 0 unspecified atom stereocenters. The lowest BCUT2D eigenvalue weighted by molar-refractivity contribution is -0.385. The van der Waals surface area contributed by atoms with E-state index in [1.807, 2.05) is 0 Å². The zero-order valence-corrected chi connectivity index (χ0v) is 19.5. The van der Waals surface area contributed by atoms with E-state index in [0.717, 1.165) is 11.3 Å². The van der Waals surface area contributed by atoms with Crippen molar-refractivity contribution in [3.63, 3.8) is 0 Å². The number of thiazole rings is 1. The van der Waals surface area contributed by atoms with Crippen molar-refractivity contribution in [2.75, 3.05) is 6.61 Å². The maximum absolute atomic E-state index is 13.5. The lowest BCUT2D eigenvalue weighted by Crippen LogP contribution is -2.40. The molecule has 9 nitrogen and oxygen atoms in total. The van der Waals surface area contributed by atoms with Crippen LogP contribution in [0.4, 0.5) is 5.69 Å². The highest BCUT2D eigenvalue weighted by atomic mass is 32.1. The Bertz CT molecular complexity index is 1530. The van der Waals surface area contributed by atoms with Crippen molar-refractivity contribution in [2.45, 2.75) is 26.8 Å². The Balaban J connectivity index is 2.00. The monoisotopic (exact) mass is 479 g/mol. The van der Waals surface area contributed by atoms with Gasteiger partial charge in [0.1, 0.15) is 5.75 Å². The number of phenols is 1. The van der Waals surface area contributed by atoms with Crippen LogP contribution in [0.25, 0.3) is 6.08 Å². The molecule has 1 aliphatic heterocycles. The zero-order chi connectivity index (χ0) is 24.6. The van der Waals surface area contributed by atoms with Gasteiger partial charge in [-0.1, -0.05) is 35.6 Å². The number of ether oxygens (including phenoxy) is 1. The molecular formula is C24H21N3O6S. The lowest BCUT2D eigenvalue weighted by Gasteiger charge is -2.24. The first-order chi connectivity index (χ1) is 16.2. The van der Waals surface area contributed by atoms with Crippen molar-refractivity contribution in [3.05, 3.63) is 100 Å². The van der Waals surface area contributed by atoms with Crippen LogP contribution in [0, 0.1) is 17.0 Å². The molecule has 1 aliphatic rings. The van der Waals surface area contributed by atoms with Crippen LogP contribution in [0.3, 0.4) is 0 Å². The summed E-state index contributed by atoms with van der Waals surface area (Å²) in [5, 5.41) is 21.3. The number of nitro groups is 1. The quantitative estimate of drug-likeness (QED) is 0.341. The maximum Gasteiger partial charge on any atom is 0.338 e. The molecule has 0 saturated carbocycles. The van der Waals surface area contributed by atoms with E-state index in [2.05, 4.69) is 4.99 Å². The molecule has 174 valence electrons. The van der Waals surface area contributed by atoms with Crippen LogP contribution < -0.4 is 14.9 Å². The number of benzene rings is 2. The molecule has 0 fully saturated rings. The number of hydrogen-bond acceptors (Lipinski definition) is 8. The van der Waals surface area contributed by atoms with Crippen molar-refractivity contribution >= 4 is 29.1 Å². The Morgan fingerprint density at radius 3 is 2.74 bits per heavy atom. The molecular weight excluding hydrogens is 458 g/mol. The molecule has 2 heterocycles. The third-order valence-electron chi connectivity index (χ3n) is 5.43. The van der Waals surface area contributed by atoms with E-state index < -0.39 is 22.5 Å². The van der Waals surface area contributed by atoms with E-state index in [0.29, 0.717) is 31.7 Å². The smallest absolute Gasteiger partial charge is 0.338 e. The molecule has 1 atom stereocenters. The molecule has 3 aromatic rings. The molecule has 2 aromatic carbocycles. The summed E-state index contributed by atoms with van der Waals surface area (Å²) in [6, 6.07) is 10.1. The number of allylic oxidation sites excluding steroid dienone is 1. The van der Waals surface area contributed by atoms with Gasteiger partial charge in [-0.25, -0.2) is 9.79 Å². The number of fused-ring (bicyclic) bond motifs is 1. The molecule has 4 rings (SSSR count). The summed E-state index contributed by atoms with van der Waals surface area (Å²) in [4.78, 5) is 42.3. The summed E-state index contributed by atoms with van der Waals surface area (Å²) in [5.41, 5.74) is 1.48. The van der Waals surface area contributed by atoms with Gasteiger partial charge in [-0.3, -0.25) is 19.5 Å². The number of phenolic OH excluding ortho intramolecular Hbond substituents is 1. The number of carbonyl (C=O) groups excluding carboxylic acids is 1. The summed E-state index contributed by atoms with van der Waals surface area (Å²) >= 11 is 1.13. The SMILES string of the molecule is CCOC(=O)C1=C(C)N=c2s/c(=C/c3cccc(O)c3)c(=O)n2[C@@H]1c1ccc(C)c([N+](=O)[O-])c1. The standard InChI is InChI=1S/C24H21N3O6S/c1-4-33-23(30)20-14(3)25-24-26(21(20)16-9-8-13(2)18(12-16)27(31)32)22(29)19(34-24)11-15-6-5-7-17(28)10-15/h5-12,21,28H,4H2,1-3H3/b19-11+/t21-/m1/s1. The molecule has 34 heavy (non-hydrogen) atoms. The minimum absolute atomic E-state index is 0.0619. The topological polar surface area (TPSA) is 124 Å². The van der Waals surface area contributed by atoms with Gasteiger partial charge in [0.15, 0.2) is 4.80 Å². The van der Waals surface area contributed by atoms with Crippen LogP contribution in [0.2, 0.25) is 0 Å². The summed E-state index contributed by atoms with van der Waals surface area (Å²) in [6.45, 7) is 5.06. The van der Waals surface area contributed by atoms with Crippen LogP contribution in [0.5, 0.6) is 5.75 Å². The lowest BCUT2D eigenvalue weighted by atomic mass is 9.94. The van der Waals surface area contributed by atoms with Crippen molar-refractivity contribution in [3.8, 4) is 5.75 Å². The van der Waals surface area contributed by atoms with Crippen LogP contribution in [-0.2, 0) is 9.53 Å². The first kappa shape index (κ1) is 23.1. The summed E-state index contributed by atoms with van der Waals surface area (Å²) in [6.07, 6.45) is 1.63. The van der Waals surface area contributed by atoms with E-state index in [9.17, 15) is 24.8 Å². The number of hydrogen-bond donors (Lipinski definition) is 1. The van der Waals surface area contributed by atoms with Crippen molar-refractivity contribution in [2.24, 2.45) is 4.99 Å². The fourth-order valence-electron chi connectivity index (χ4n) is 3.87. The fourth-order valence-corrected chi connectivity index (χ4v) is 4.91. The highest BCUT2D eigenvalue weighted by Crippen LogP contribution is 2.33. The Morgan fingerprint density at radius 2 is 2.06 bits per heavy atom. The highest BCUT2D eigenvalue weighted by molar-refractivity contribution is 7.07. The van der Waals surface area contributed by atoms with Crippen molar-refractivity contribution < 1.29 is 19.6 Å². The second kappa shape index (κ2) is 9.06. The van der Waals surface area contributed by atoms with E-state index in [1.54, 1.807) is 51.1 Å². The molecule has 0 aliphatic carbocycles. The second-order valence-corrected chi connectivity index (χ2v) is 8.71. The van der Waals surface area contributed by atoms with Crippen LogP contribution >= 0.6 is 11.3 Å². The molecule has 0 amide bonds. The largest absolute Gasteiger partial charge is 0.508 e. The van der Waals surface area contributed by atoms with Crippen LogP contribution in [0.1, 0.15) is 36.6 Å². The number of carbonyl (C=O) groups is 1. The molecule has 10 heteroatoms. The van der Waals surface area contributed by atoms with Crippen LogP contribution in [0.15, 0.2) is 63.5 Å². The first-order valence-electron chi connectivity index (χ1n) is 10.4. The predicted molar refractivity (Wildman–Crippen MR) is 126 cm³/mol. The van der Waals surface area contributed by atoms with Gasteiger partial charge < -0.3 is 9.84 Å². The van der Waals surface area contributed by atoms with E-state index in [-0.39, 0.29) is 23.6 Å². The third kappa shape index (κ3) is 4.15. The number of nitrogens with zero attached hydrogens (tertiary/aromatic N) is 3. The predicted octanol–water partition coefficient (Wildman–Crippen LogP) is 2.72. The average Bonchev–Trinajstić information content (AvgIpc) is 3.07. The van der Waals surface area contributed by atoms with E-state index in [4.69, 9.17) is 4.74 Å². The number of nitro benzene ring substituents is 1. The fraction of sp³-hybridized carbons (Fsp3) is 0.208. The molecule has 0 radical (unpaired) electrons. The van der Waals surface area contributed by atoms with Gasteiger partial charge in [0.25, 0.3) is 11.2 Å². The molecule has 1 N–H and O–H groups in total. The molecule has 0 bridgehead atoms. The van der Waals surface area contributed by atoms with Gasteiger partial charge in [-0.05, 0) is 50.1 Å². The minimum Gasteiger partial charge on any atom is -0.508 e. The highest BCUT2D eigenvalue weighted by Gasteiger charge is 2.34. The molecule has 1 aromatic heterocycles. The Hall–Kier alpha value is -4.05. The number of aromatic nitrogens is 1. The van der Waals surface area contributed by atoms with Gasteiger partial charge >= 0.3 is 5.97 Å². The van der Waals surface area contributed by atoms with Crippen LogP contribution in [-0.4, -0.2) is 27.2 Å². The third-order valence-corrected chi connectivity index (χ3v) is 6.41. The van der Waals surface area contributed by atoms with Gasteiger partial charge in [-0.2, -0.15) is 0 Å². The van der Waals surface area contributed by atoms with Crippen molar-refractivity contribution in [1.29, 1.82) is 0 Å². The van der Waals surface area contributed by atoms with Crippen molar-refractivity contribution in [1.82, 2.24) is 4.57 Å². The molecule has 0 spiro atoms. The van der Waals surface area contributed by atoms with Gasteiger partial charge in [0.05, 0.1) is 33.4 Å². The van der Waals surface area contributed by atoms with Gasteiger partial charge in [0, 0.05) is 11.6 Å². The summed E-state index contributed by atoms with van der Waals surface area (Å²) < 4.78 is 6.95. The number of aromatic hydroxyl groups is 1. The second-order valence-electron chi connectivity index (χ2n) is 7.70. The van der Waals surface area contributed by atoms with Gasteiger partial charge in [0.2, 0.25) is 0 Å². The normalized spacial score (nSPS) is 15.6. The zero-order valence-electron chi connectivity index (χ0n) is 18.6. The number of aryl methyl sites for hydroxylation is 1. The van der Waals surface area contributed by atoms with E-state index >= 15 is 0 Å². The molecule has 0 saturated heterocycles. The minimum atomic E-state index is -0.944. The summed E-state index contributed by atoms with van der Waals surface area (Å²) in [5.74, 6) is -0.578. The Labute approximate surface area is 197 Å². The summed E-state index contributed by atoms with van der Waals surface area (Å²) in [7, 11) is 0. The first-order valence-corrected chi connectivity index (χ1v) is 11.3. The number of rotatable bonds is 5.